The number of urea groups is 1. The van der Waals surface area contributed by atoms with Gasteiger partial charge in [0.25, 0.3) is 0 Å². The van der Waals surface area contributed by atoms with Crippen LogP contribution in [-0.2, 0) is 9.53 Å². The minimum Gasteiger partial charge on any atom is -0.481 e. The van der Waals surface area contributed by atoms with Crippen molar-refractivity contribution in [2.24, 2.45) is 5.41 Å². The van der Waals surface area contributed by atoms with Crippen molar-refractivity contribution < 1.29 is 19.4 Å². The van der Waals surface area contributed by atoms with Crippen molar-refractivity contribution >= 4 is 12.0 Å². The lowest BCUT2D eigenvalue weighted by molar-refractivity contribution is -0.147. The molecule has 1 heterocycles. The molecule has 0 radical (unpaired) electrons. The summed E-state index contributed by atoms with van der Waals surface area (Å²) in [6, 6.07) is -0.216. The number of carboxylic acid groups (broad SMARTS) is 1. The Hall–Kier alpha value is -1.30. The van der Waals surface area contributed by atoms with Crippen LogP contribution < -0.4 is 5.32 Å². The Bertz CT molecular complexity index is 321. The molecule has 0 saturated carbocycles. The normalized spacial score (nSPS) is 24.9. The number of carbonyl (C=O) groups excluding carboxylic acids is 1. The second-order valence-corrected chi connectivity index (χ2v) is 4.99. The summed E-state index contributed by atoms with van der Waals surface area (Å²) in [6.07, 6.45) is 0.462. The van der Waals surface area contributed by atoms with Gasteiger partial charge in [0.1, 0.15) is 0 Å². The van der Waals surface area contributed by atoms with Gasteiger partial charge in [-0.1, -0.05) is 0 Å². The highest BCUT2D eigenvalue weighted by molar-refractivity contribution is 5.79. The summed E-state index contributed by atoms with van der Waals surface area (Å²) in [5.41, 5.74) is -0.817. The number of hydrogen-bond acceptors (Lipinski definition) is 3. The van der Waals surface area contributed by atoms with Crippen molar-refractivity contribution in [3.8, 4) is 0 Å². The number of amides is 2. The minimum atomic E-state index is -0.847. The molecular formula is C12H22N2O4. The molecular weight excluding hydrogens is 236 g/mol. The Kier molecular flexibility index (Phi) is 4.95. The lowest BCUT2D eigenvalue weighted by Crippen LogP contribution is -2.43. The second kappa shape index (κ2) is 6.04. The standard InChI is InChI=1S/C12H22N2O4/c1-4-18-9(2)7-13-11(17)14-6-5-12(3,8-14)10(15)16/h9H,4-8H2,1-3H3,(H,13,17)(H,15,16). The van der Waals surface area contributed by atoms with Crippen molar-refractivity contribution in [1.29, 1.82) is 0 Å². The van der Waals surface area contributed by atoms with Gasteiger partial charge in [-0.15, -0.1) is 0 Å². The highest BCUT2D eigenvalue weighted by Gasteiger charge is 2.42. The zero-order chi connectivity index (χ0) is 13.8. The quantitative estimate of drug-likeness (QED) is 0.768. The van der Waals surface area contributed by atoms with Crippen LogP contribution in [0.2, 0.25) is 0 Å². The van der Waals surface area contributed by atoms with Crippen molar-refractivity contribution in [3.05, 3.63) is 0 Å². The molecule has 0 spiro atoms. The van der Waals surface area contributed by atoms with Crippen molar-refractivity contribution in [1.82, 2.24) is 10.2 Å². The monoisotopic (exact) mass is 258 g/mol. The summed E-state index contributed by atoms with van der Waals surface area (Å²) in [4.78, 5) is 24.4. The van der Waals surface area contributed by atoms with E-state index in [-0.39, 0.29) is 18.7 Å². The van der Waals surface area contributed by atoms with Crippen molar-refractivity contribution in [2.45, 2.75) is 33.3 Å². The molecule has 0 aromatic carbocycles. The van der Waals surface area contributed by atoms with Gasteiger partial charge in [-0.25, -0.2) is 4.79 Å². The first kappa shape index (κ1) is 14.8. The van der Waals surface area contributed by atoms with Gasteiger partial charge in [0.05, 0.1) is 11.5 Å². The third-order valence-electron chi connectivity index (χ3n) is 3.27. The molecule has 0 bridgehead atoms. The van der Waals surface area contributed by atoms with Gasteiger partial charge >= 0.3 is 12.0 Å². The number of ether oxygens (including phenoxy) is 1. The molecule has 1 rings (SSSR count). The van der Waals surface area contributed by atoms with E-state index in [1.807, 2.05) is 13.8 Å². The molecule has 104 valence electrons. The maximum atomic E-state index is 11.8. The van der Waals surface area contributed by atoms with Crippen molar-refractivity contribution in [2.75, 3.05) is 26.2 Å². The number of nitrogens with zero attached hydrogens (tertiary/aromatic N) is 1. The average molecular weight is 258 g/mol. The lowest BCUT2D eigenvalue weighted by Gasteiger charge is -2.21. The number of nitrogens with one attached hydrogen (secondary N) is 1. The molecule has 1 aliphatic heterocycles. The van der Waals surface area contributed by atoms with Gasteiger partial charge in [-0.2, -0.15) is 0 Å². The fourth-order valence-corrected chi connectivity index (χ4v) is 2.00. The van der Waals surface area contributed by atoms with E-state index < -0.39 is 11.4 Å². The van der Waals surface area contributed by atoms with Crippen LogP contribution in [0.1, 0.15) is 27.2 Å². The first-order valence-electron chi connectivity index (χ1n) is 6.27. The van der Waals surface area contributed by atoms with E-state index in [0.29, 0.717) is 26.1 Å². The molecule has 2 N–H and O–H groups in total. The van der Waals surface area contributed by atoms with Gasteiger partial charge in [0, 0.05) is 26.2 Å². The topological polar surface area (TPSA) is 78.9 Å². The SMILES string of the molecule is CCOC(C)CNC(=O)N1CCC(C)(C(=O)O)C1. The predicted molar refractivity (Wildman–Crippen MR) is 66.4 cm³/mol. The summed E-state index contributed by atoms with van der Waals surface area (Å²) >= 11 is 0. The molecule has 18 heavy (non-hydrogen) atoms. The van der Waals surface area contributed by atoms with Crippen LogP contribution in [0.15, 0.2) is 0 Å². The van der Waals surface area contributed by atoms with Crippen LogP contribution in [0.4, 0.5) is 4.79 Å². The first-order valence-corrected chi connectivity index (χ1v) is 6.27. The van der Waals surface area contributed by atoms with Crippen LogP contribution >= 0.6 is 0 Å². The van der Waals surface area contributed by atoms with E-state index in [1.165, 1.54) is 0 Å². The number of hydrogen-bond donors (Lipinski definition) is 2. The summed E-state index contributed by atoms with van der Waals surface area (Å²) in [6.45, 7) is 7.25. The van der Waals surface area contributed by atoms with Crippen LogP contribution in [-0.4, -0.2) is 54.4 Å². The summed E-state index contributed by atoms with van der Waals surface area (Å²) in [5.74, 6) is -0.847. The number of carbonyl (C=O) groups is 2. The third kappa shape index (κ3) is 3.60. The van der Waals surface area contributed by atoms with Gasteiger partial charge in [0.15, 0.2) is 0 Å². The average Bonchev–Trinajstić information content (AvgIpc) is 2.71. The molecule has 0 aromatic rings. The Morgan fingerprint density at radius 1 is 1.56 bits per heavy atom. The molecule has 1 saturated heterocycles. The highest BCUT2D eigenvalue weighted by atomic mass is 16.5. The zero-order valence-corrected chi connectivity index (χ0v) is 11.2. The molecule has 6 nitrogen and oxygen atoms in total. The molecule has 1 aliphatic rings. The van der Waals surface area contributed by atoms with Crippen LogP contribution in [0.25, 0.3) is 0 Å². The lowest BCUT2D eigenvalue weighted by atomic mass is 9.90. The number of rotatable bonds is 5. The summed E-state index contributed by atoms with van der Waals surface area (Å²) in [7, 11) is 0. The Morgan fingerprint density at radius 2 is 2.22 bits per heavy atom. The molecule has 1 fully saturated rings. The van der Waals surface area contributed by atoms with E-state index >= 15 is 0 Å². The highest BCUT2D eigenvalue weighted by Crippen LogP contribution is 2.29. The maximum Gasteiger partial charge on any atom is 0.317 e. The van der Waals surface area contributed by atoms with E-state index in [0.717, 1.165) is 0 Å². The minimum absolute atomic E-state index is 0.0348. The van der Waals surface area contributed by atoms with E-state index in [9.17, 15) is 9.59 Å². The maximum absolute atomic E-state index is 11.8. The van der Waals surface area contributed by atoms with Gasteiger partial charge < -0.3 is 20.1 Å². The van der Waals surface area contributed by atoms with Crippen LogP contribution in [0, 0.1) is 5.41 Å². The van der Waals surface area contributed by atoms with Crippen LogP contribution in [0.5, 0.6) is 0 Å². The second-order valence-electron chi connectivity index (χ2n) is 4.99. The fourth-order valence-electron chi connectivity index (χ4n) is 2.00. The van der Waals surface area contributed by atoms with Gasteiger partial charge in [0.2, 0.25) is 0 Å². The molecule has 0 aromatic heterocycles. The molecule has 2 atom stereocenters. The smallest absolute Gasteiger partial charge is 0.317 e. The van der Waals surface area contributed by atoms with E-state index in [1.54, 1.807) is 11.8 Å². The van der Waals surface area contributed by atoms with Gasteiger partial charge in [-0.05, 0) is 27.2 Å². The van der Waals surface area contributed by atoms with Gasteiger partial charge in [-0.3, -0.25) is 4.79 Å². The number of aliphatic carboxylic acids is 1. The Balaban J connectivity index is 2.39. The Labute approximate surface area is 107 Å². The van der Waals surface area contributed by atoms with Crippen LogP contribution in [0.3, 0.4) is 0 Å². The predicted octanol–water partition coefficient (Wildman–Crippen LogP) is 0.918. The van der Waals surface area contributed by atoms with E-state index in [2.05, 4.69) is 5.32 Å². The number of likely N-dealkylation sites (tertiary alicyclic amines) is 1. The first-order chi connectivity index (χ1) is 8.39. The summed E-state index contributed by atoms with van der Waals surface area (Å²) in [5, 5.41) is 11.8. The van der Waals surface area contributed by atoms with E-state index in [4.69, 9.17) is 9.84 Å². The zero-order valence-electron chi connectivity index (χ0n) is 11.2. The molecule has 6 heteroatoms. The largest absolute Gasteiger partial charge is 0.481 e. The number of carboxylic acids is 1. The fraction of sp³-hybridized carbons (Fsp3) is 0.833. The third-order valence-corrected chi connectivity index (χ3v) is 3.27. The van der Waals surface area contributed by atoms with Crippen molar-refractivity contribution in [3.63, 3.8) is 0 Å². The summed E-state index contributed by atoms with van der Waals surface area (Å²) < 4.78 is 5.31. The molecule has 0 aliphatic carbocycles. The molecule has 2 amide bonds. The molecule has 2 unspecified atom stereocenters. The Morgan fingerprint density at radius 3 is 2.72 bits per heavy atom.